The Balaban J connectivity index is 1.69. The van der Waals surface area contributed by atoms with Gasteiger partial charge in [-0.15, -0.1) is 0 Å². The van der Waals surface area contributed by atoms with Gasteiger partial charge in [0.05, 0.1) is 18.3 Å². The molecule has 32 heavy (non-hydrogen) atoms. The van der Waals surface area contributed by atoms with Crippen LogP contribution in [-0.2, 0) is 24.3 Å². The summed E-state index contributed by atoms with van der Waals surface area (Å²) in [6, 6.07) is 19.8. The van der Waals surface area contributed by atoms with Crippen LogP contribution in [0.15, 0.2) is 82.5 Å². The lowest BCUT2D eigenvalue weighted by Gasteiger charge is -2.14. The zero-order valence-electron chi connectivity index (χ0n) is 17.5. The number of anilines is 1. The number of fused-ring (bicyclic) bond motifs is 1. The minimum Gasteiger partial charge on any atom is -0.495 e. The molecule has 0 saturated carbocycles. The van der Waals surface area contributed by atoms with E-state index in [0.29, 0.717) is 23.4 Å². The molecule has 0 atom stereocenters. The van der Waals surface area contributed by atoms with Gasteiger partial charge in [-0.25, -0.2) is 9.78 Å². The smallest absolute Gasteiger partial charge is 0.332 e. The largest absolute Gasteiger partial charge is 0.495 e. The monoisotopic (exact) mass is 430 g/mol. The Morgan fingerprint density at radius 1 is 0.969 bits per heavy atom. The van der Waals surface area contributed by atoms with Crippen molar-refractivity contribution < 1.29 is 9.53 Å². The quantitative estimate of drug-likeness (QED) is 0.486. The number of carbonyl (C=O) groups excluding carboxylic acids is 1. The van der Waals surface area contributed by atoms with Crippen LogP contribution in [0.2, 0.25) is 0 Å². The second-order valence-electron chi connectivity index (χ2n) is 7.18. The molecule has 0 spiro atoms. The van der Waals surface area contributed by atoms with E-state index >= 15 is 0 Å². The molecule has 2 aromatic carbocycles. The van der Waals surface area contributed by atoms with E-state index in [0.717, 1.165) is 10.1 Å². The van der Waals surface area contributed by atoms with E-state index in [2.05, 4.69) is 10.3 Å². The molecule has 0 aliphatic rings. The van der Waals surface area contributed by atoms with Crippen molar-refractivity contribution in [2.45, 2.75) is 19.5 Å². The predicted molar refractivity (Wildman–Crippen MR) is 122 cm³/mol. The number of nitrogens with one attached hydrogen (secondary N) is 1. The molecule has 0 aliphatic heterocycles. The molecule has 162 valence electrons. The predicted octanol–water partition coefficient (Wildman–Crippen LogP) is 2.45. The van der Waals surface area contributed by atoms with E-state index in [1.165, 1.54) is 17.9 Å². The van der Waals surface area contributed by atoms with Gasteiger partial charge in [-0.1, -0.05) is 42.5 Å². The van der Waals surface area contributed by atoms with Crippen molar-refractivity contribution in [2.24, 2.45) is 0 Å². The number of amides is 1. The average Bonchev–Trinajstić information content (AvgIpc) is 2.83. The van der Waals surface area contributed by atoms with Gasteiger partial charge in [0.15, 0.2) is 5.52 Å². The maximum absolute atomic E-state index is 13.2. The SMILES string of the molecule is COc1ccccc1NC(=O)Cn1c(=O)n(CCc2ccccc2)c(=O)c2ncccc21. The third-order valence-corrected chi connectivity index (χ3v) is 5.14. The normalized spacial score (nSPS) is 10.8. The van der Waals surface area contributed by atoms with E-state index in [1.54, 1.807) is 36.4 Å². The van der Waals surface area contributed by atoms with Crippen molar-refractivity contribution in [3.05, 3.63) is 99.3 Å². The first-order valence-corrected chi connectivity index (χ1v) is 10.1. The Morgan fingerprint density at radius 2 is 1.72 bits per heavy atom. The molecule has 8 heteroatoms. The third-order valence-electron chi connectivity index (χ3n) is 5.14. The van der Waals surface area contributed by atoms with Crippen molar-refractivity contribution in [3.63, 3.8) is 0 Å². The van der Waals surface area contributed by atoms with Crippen molar-refractivity contribution >= 4 is 22.6 Å². The van der Waals surface area contributed by atoms with E-state index in [-0.39, 0.29) is 18.6 Å². The molecule has 0 fully saturated rings. The molecule has 4 aromatic rings. The van der Waals surface area contributed by atoms with Crippen molar-refractivity contribution in [2.75, 3.05) is 12.4 Å². The summed E-state index contributed by atoms with van der Waals surface area (Å²) in [6.45, 7) is -0.0903. The van der Waals surface area contributed by atoms with Crippen LogP contribution in [0.3, 0.4) is 0 Å². The number of aryl methyl sites for hydroxylation is 1. The molecule has 0 radical (unpaired) electrons. The van der Waals surface area contributed by atoms with E-state index < -0.39 is 17.2 Å². The molecule has 8 nitrogen and oxygen atoms in total. The Kier molecular flexibility index (Phi) is 6.12. The number of nitrogens with zero attached hydrogens (tertiary/aromatic N) is 3. The van der Waals surface area contributed by atoms with Gasteiger partial charge >= 0.3 is 5.69 Å². The van der Waals surface area contributed by atoms with Crippen LogP contribution < -0.4 is 21.3 Å². The lowest BCUT2D eigenvalue weighted by atomic mass is 10.1. The summed E-state index contributed by atoms with van der Waals surface area (Å²) < 4.78 is 7.68. The van der Waals surface area contributed by atoms with Gasteiger partial charge in [-0.05, 0) is 36.2 Å². The molecule has 0 saturated heterocycles. The lowest BCUT2D eigenvalue weighted by Crippen LogP contribution is -2.42. The number of hydrogen-bond acceptors (Lipinski definition) is 5. The summed E-state index contributed by atoms with van der Waals surface area (Å²) in [5, 5.41) is 2.76. The Labute approximate surface area is 183 Å². The zero-order valence-corrected chi connectivity index (χ0v) is 17.5. The second kappa shape index (κ2) is 9.30. The number of ether oxygens (including phenoxy) is 1. The number of carbonyl (C=O) groups is 1. The Morgan fingerprint density at radius 3 is 2.50 bits per heavy atom. The van der Waals surface area contributed by atoms with Crippen LogP contribution >= 0.6 is 0 Å². The number of methoxy groups -OCH3 is 1. The number of para-hydroxylation sites is 2. The molecule has 0 bridgehead atoms. The minimum atomic E-state index is -0.554. The van der Waals surface area contributed by atoms with Gasteiger partial charge in [0.25, 0.3) is 5.56 Å². The average molecular weight is 430 g/mol. The first kappa shape index (κ1) is 21.0. The van der Waals surface area contributed by atoms with Crippen LogP contribution in [0.1, 0.15) is 5.56 Å². The van der Waals surface area contributed by atoms with Crippen molar-refractivity contribution in [1.82, 2.24) is 14.1 Å². The summed E-state index contributed by atoms with van der Waals surface area (Å²) in [7, 11) is 1.51. The van der Waals surface area contributed by atoms with Gasteiger partial charge in [-0.2, -0.15) is 0 Å². The highest BCUT2D eigenvalue weighted by molar-refractivity contribution is 5.92. The van der Waals surface area contributed by atoms with E-state index in [4.69, 9.17) is 4.74 Å². The van der Waals surface area contributed by atoms with Gasteiger partial charge in [0.1, 0.15) is 12.3 Å². The van der Waals surface area contributed by atoms with Gasteiger partial charge < -0.3 is 10.1 Å². The molecule has 0 unspecified atom stereocenters. The molecule has 2 heterocycles. The summed E-state index contributed by atoms with van der Waals surface area (Å²) in [5.74, 6) is 0.0857. The first-order valence-electron chi connectivity index (χ1n) is 10.1. The zero-order chi connectivity index (χ0) is 22.5. The number of aromatic nitrogens is 3. The first-order chi connectivity index (χ1) is 15.6. The molecule has 1 N–H and O–H groups in total. The van der Waals surface area contributed by atoms with Crippen molar-refractivity contribution in [1.29, 1.82) is 0 Å². The van der Waals surface area contributed by atoms with E-state index in [9.17, 15) is 14.4 Å². The molecular formula is C24H22N4O4. The fourth-order valence-electron chi connectivity index (χ4n) is 3.56. The molecule has 0 aliphatic carbocycles. The molecular weight excluding hydrogens is 408 g/mol. The number of benzene rings is 2. The van der Waals surface area contributed by atoms with Gasteiger partial charge in [-0.3, -0.25) is 18.7 Å². The number of rotatable bonds is 7. The highest BCUT2D eigenvalue weighted by Gasteiger charge is 2.17. The van der Waals surface area contributed by atoms with Crippen LogP contribution in [0, 0.1) is 0 Å². The molecule has 1 amide bonds. The fourth-order valence-corrected chi connectivity index (χ4v) is 3.56. The van der Waals surface area contributed by atoms with Crippen molar-refractivity contribution in [3.8, 4) is 5.75 Å². The fraction of sp³-hybridized carbons (Fsp3) is 0.167. The summed E-state index contributed by atoms with van der Waals surface area (Å²) in [6.07, 6.45) is 2.00. The molecule has 2 aromatic heterocycles. The maximum Gasteiger partial charge on any atom is 0.332 e. The standard InChI is InChI=1S/C24H22N4O4/c1-32-20-12-6-5-10-18(20)26-21(29)16-28-19-11-7-14-25-22(19)23(30)27(24(28)31)15-13-17-8-3-2-4-9-17/h2-12,14H,13,15-16H2,1H3,(H,26,29). The Bertz CT molecular complexity index is 1380. The van der Waals surface area contributed by atoms with Crippen LogP contribution in [-0.4, -0.2) is 27.1 Å². The maximum atomic E-state index is 13.2. The summed E-state index contributed by atoms with van der Waals surface area (Å²) >= 11 is 0. The van der Waals surface area contributed by atoms with Gasteiger partial charge in [0.2, 0.25) is 5.91 Å². The highest BCUT2D eigenvalue weighted by Crippen LogP contribution is 2.23. The highest BCUT2D eigenvalue weighted by atomic mass is 16.5. The molecule has 4 rings (SSSR count). The minimum absolute atomic E-state index is 0.144. The van der Waals surface area contributed by atoms with Crippen LogP contribution in [0.4, 0.5) is 5.69 Å². The second-order valence-corrected chi connectivity index (χ2v) is 7.18. The topological polar surface area (TPSA) is 95.2 Å². The van der Waals surface area contributed by atoms with Gasteiger partial charge in [0, 0.05) is 12.7 Å². The summed E-state index contributed by atoms with van der Waals surface area (Å²) in [4.78, 5) is 43.1. The lowest BCUT2D eigenvalue weighted by molar-refractivity contribution is -0.116. The number of pyridine rings is 1. The van der Waals surface area contributed by atoms with Crippen LogP contribution in [0.25, 0.3) is 11.0 Å². The van der Waals surface area contributed by atoms with E-state index in [1.807, 2.05) is 30.3 Å². The third kappa shape index (κ3) is 4.29. The van der Waals surface area contributed by atoms with Crippen LogP contribution in [0.5, 0.6) is 5.75 Å². The Hall–Kier alpha value is -4.20. The summed E-state index contributed by atoms with van der Waals surface area (Å²) in [5.41, 5.74) is 0.927. The number of hydrogen-bond donors (Lipinski definition) is 1.